The van der Waals surface area contributed by atoms with E-state index in [4.69, 9.17) is 0 Å². The van der Waals surface area contributed by atoms with Crippen LogP contribution in [0.25, 0.3) is 0 Å². The second-order valence-electron chi connectivity index (χ2n) is 2.52. The summed E-state index contributed by atoms with van der Waals surface area (Å²) in [5.74, 6) is 0.566. The van der Waals surface area contributed by atoms with Crippen molar-refractivity contribution in [1.29, 1.82) is 0 Å². The zero-order valence-electron chi connectivity index (χ0n) is 5.99. The van der Waals surface area contributed by atoms with Crippen molar-refractivity contribution in [3.63, 3.8) is 0 Å². The molecule has 0 radical (unpaired) electrons. The van der Waals surface area contributed by atoms with Crippen LogP contribution in [0.2, 0.25) is 0 Å². The minimum atomic E-state index is 0.545. The van der Waals surface area contributed by atoms with Gasteiger partial charge in [-0.1, -0.05) is 18.2 Å². The Labute approximate surface area is 69.8 Å². The second kappa shape index (κ2) is 2.85. The minimum Gasteiger partial charge on any atom is -0.784 e. The molecule has 1 aromatic carbocycles. The highest BCUT2D eigenvalue weighted by molar-refractivity contribution is 7.99. The van der Waals surface area contributed by atoms with E-state index in [0.29, 0.717) is 12.4 Å². The van der Waals surface area contributed by atoms with Gasteiger partial charge in [0, 0.05) is 17.3 Å². The van der Waals surface area contributed by atoms with Crippen LogP contribution in [-0.4, -0.2) is 10.9 Å². The maximum Gasteiger partial charge on any atom is 0.0379 e. The lowest BCUT2D eigenvalue weighted by atomic mass is 10.2. The first-order valence-corrected chi connectivity index (χ1v) is 4.47. The van der Waals surface area contributed by atoms with Gasteiger partial charge in [-0.3, -0.25) is 0 Å². The molecule has 2 rings (SSSR count). The van der Waals surface area contributed by atoms with Crippen molar-refractivity contribution in [1.82, 2.24) is 5.06 Å². The summed E-state index contributed by atoms with van der Waals surface area (Å²) in [5.41, 5.74) is 1.15. The monoisotopic (exact) mass is 166 g/mol. The van der Waals surface area contributed by atoms with Gasteiger partial charge in [0.1, 0.15) is 0 Å². The smallest absolute Gasteiger partial charge is 0.0379 e. The third-order valence-corrected chi connectivity index (χ3v) is 2.81. The first-order chi connectivity index (χ1) is 5.36. The standard InChI is InChI=1S/C8H8NOS/c10-9-5-7-3-1-2-4-8(7)11-6-9/h1-4H,5-6H2/q-1. The number of fused-ring (bicyclic) bond motifs is 1. The summed E-state index contributed by atoms with van der Waals surface area (Å²) in [6.45, 7) is 0.545. The predicted molar refractivity (Wildman–Crippen MR) is 46.1 cm³/mol. The molecule has 0 N–H and O–H groups in total. The fourth-order valence-corrected chi connectivity index (χ4v) is 2.02. The number of rotatable bonds is 0. The molecular weight excluding hydrogens is 158 g/mol. The Morgan fingerprint density at radius 1 is 1.36 bits per heavy atom. The maximum absolute atomic E-state index is 10.9. The van der Waals surface area contributed by atoms with Gasteiger partial charge >= 0.3 is 0 Å². The fraction of sp³-hybridized carbons (Fsp3) is 0.250. The molecule has 0 aliphatic carbocycles. The number of benzene rings is 1. The average molecular weight is 166 g/mol. The lowest BCUT2D eigenvalue weighted by Gasteiger charge is -2.32. The van der Waals surface area contributed by atoms with Crippen molar-refractivity contribution < 1.29 is 0 Å². The van der Waals surface area contributed by atoms with Gasteiger partial charge in [-0.15, -0.1) is 11.8 Å². The molecule has 0 atom stereocenters. The number of nitrogens with zero attached hydrogens (tertiary/aromatic N) is 1. The highest BCUT2D eigenvalue weighted by atomic mass is 32.2. The van der Waals surface area contributed by atoms with Gasteiger partial charge in [0.2, 0.25) is 0 Å². The molecule has 3 heteroatoms. The van der Waals surface area contributed by atoms with Gasteiger partial charge in [0.25, 0.3) is 0 Å². The largest absolute Gasteiger partial charge is 0.784 e. The predicted octanol–water partition coefficient (Wildman–Crippen LogP) is 2.05. The molecule has 1 aromatic rings. The minimum absolute atomic E-state index is 0.545. The molecule has 58 valence electrons. The molecule has 2 nitrogen and oxygen atoms in total. The number of hydroxylamine groups is 2. The second-order valence-corrected chi connectivity index (χ2v) is 3.51. The van der Waals surface area contributed by atoms with Crippen molar-refractivity contribution >= 4 is 11.8 Å². The summed E-state index contributed by atoms with van der Waals surface area (Å²) in [7, 11) is 0. The quantitative estimate of drug-likeness (QED) is 0.590. The summed E-state index contributed by atoms with van der Waals surface area (Å²) < 4.78 is 0. The lowest BCUT2D eigenvalue weighted by Crippen LogP contribution is -2.19. The molecular formula is C8H8NOS-. The van der Waals surface area contributed by atoms with Crippen molar-refractivity contribution in [2.75, 3.05) is 5.88 Å². The van der Waals surface area contributed by atoms with E-state index in [0.717, 1.165) is 10.6 Å². The first-order valence-electron chi connectivity index (χ1n) is 3.49. The van der Waals surface area contributed by atoms with Crippen LogP contribution in [0.1, 0.15) is 5.56 Å². The third kappa shape index (κ3) is 1.40. The number of thioether (sulfide) groups is 1. The molecule has 0 fully saturated rings. The van der Waals surface area contributed by atoms with E-state index in [1.54, 1.807) is 11.8 Å². The van der Waals surface area contributed by atoms with Gasteiger partial charge in [-0.2, -0.15) is 0 Å². The zero-order chi connectivity index (χ0) is 7.68. The van der Waals surface area contributed by atoms with Crippen LogP contribution in [0.4, 0.5) is 0 Å². The van der Waals surface area contributed by atoms with Gasteiger partial charge in [0.05, 0.1) is 0 Å². The topological polar surface area (TPSA) is 26.3 Å². The summed E-state index contributed by atoms with van der Waals surface area (Å²) in [5, 5.41) is 12.0. The number of hydrogen-bond donors (Lipinski definition) is 0. The van der Waals surface area contributed by atoms with E-state index in [2.05, 4.69) is 6.07 Å². The highest BCUT2D eigenvalue weighted by Gasteiger charge is 2.08. The third-order valence-electron chi connectivity index (χ3n) is 1.68. The Morgan fingerprint density at radius 3 is 3.09 bits per heavy atom. The van der Waals surface area contributed by atoms with Crippen molar-refractivity contribution in [2.45, 2.75) is 11.4 Å². The van der Waals surface area contributed by atoms with Gasteiger partial charge in [-0.25, -0.2) is 0 Å². The fourth-order valence-electron chi connectivity index (χ4n) is 1.15. The van der Waals surface area contributed by atoms with E-state index in [1.165, 1.54) is 4.90 Å². The van der Waals surface area contributed by atoms with Crippen LogP contribution in [0, 0.1) is 5.21 Å². The molecule has 0 amide bonds. The first kappa shape index (κ1) is 7.16. The Hall–Kier alpha value is -0.510. The van der Waals surface area contributed by atoms with E-state index >= 15 is 0 Å². The molecule has 0 unspecified atom stereocenters. The van der Waals surface area contributed by atoms with Crippen LogP contribution < -0.4 is 0 Å². The van der Waals surface area contributed by atoms with E-state index in [-0.39, 0.29) is 0 Å². The van der Waals surface area contributed by atoms with Gasteiger partial charge in [-0.05, 0) is 11.6 Å². The Balaban J connectivity index is 2.34. The molecule has 0 saturated heterocycles. The average Bonchev–Trinajstić information content (AvgIpc) is 2.04. The van der Waals surface area contributed by atoms with Crippen molar-refractivity contribution in [3.05, 3.63) is 35.0 Å². The molecule has 1 aliphatic rings. The van der Waals surface area contributed by atoms with Gasteiger partial charge < -0.3 is 10.3 Å². The van der Waals surface area contributed by atoms with Crippen LogP contribution in [-0.2, 0) is 6.54 Å². The SMILES string of the molecule is [O-]N1CSc2ccccc2C1. The van der Waals surface area contributed by atoms with E-state index in [9.17, 15) is 5.21 Å². The van der Waals surface area contributed by atoms with Gasteiger partial charge in [0.15, 0.2) is 0 Å². The molecule has 0 spiro atoms. The zero-order valence-corrected chi connectivity index (χ0v) is 6.80. The Kier molecular flexibility index (Phi) is 1.85. The Morgan fingerprint density at radius 2 is 2.18 bits per heavy atom. The lowest BCUT2D eigenvalue weighted by molar-refractivity contribution is 0.425. The molecule has 0 saturated carbocycles. The van der Waals surface area contributed by atoms with E-state index in [1.807, 2.05) is 18.2 Å². The molecule has 11 heavy (non-hydrogen) atoms. The maximum atomic E-state index is 10.9. The van der Waals surface area contributed by atoms with Crippen molar-refractivity contribution in [2.24, 2.45) is 0 Å². The molecule has 1 aliphatic heterocycles. The highest BCUT2D eigenvalue weighted by Crippen LogP contribution is 2.28. The summed E-state index contributed by atoms with van der Waals surface area (Å²) in [6.07, 6.45) is 0. The Bertz CT molecular complexity index is 264. The summed E-state index contributed by atoms with van der Waals surface area (Å²) in [4.78, 5) is 1.25. The van der Waals surface area contributed by atoms with Crippen LogP contribution in [0.3, 0.4) is 0 Å². The van der Waals surface area contributed by atoms with Crippen LogP contribution in [0.5, 0.6) is 0 Å². The summed E-state index contributed by atoms with van der Waals surface area (Å²) >= 11 is 1.61. The normalized spacial score (nSPS) is 17.9. The van der Waals surface area contributed by atoms with Crippen LogP contribution in [0.15, 0.2) is 29.2 Å². The number of hydrogen-bond acceptors (Lipinski definition) is 3. The molecule has 1 heterocycles. The molecule has 0 aromatic heterocycles. The van der Waals surface area contributed by atoms with E-state index < -0.39 is 0 Å². The van der Waals surface area contributed by atoms with Crippen molar-refractivity contribution in [3.8, 4) is 0 Å². The molecule has 0 bridgehead atoms. The van der Waals surface area contributed by atoms with Crippen LogP contribution >= 0.6 is 11.8 Å². The summed E-state index contributed by atoms with van der Waals surface area (Å²) in [6, 6.07) is 8.05.